The fourth-order valence-corrected chi connectivity index (χ4v) is 7.89. The monoisotopic (exact) mass is 380 g/mol. The Labute approximate surface area is 165 Å². The van der Waals surface area contributed by atoms with Gasteiger partial charge in [0.25, 0.3) is 0 Å². The van der Waals surface area contributed by atoms with E-state index in [0.29, 0.717) is 5.69 Å². The normalized spacial score (nSPS) is 10.9. The predicted molar refractivity (Wildman–Crippen MR) is 120 cm³/mol. The summed E-state index contributed by atoms with van der Waals surface area (Å²) in [5.74, 6) is 0. The molecule has 0 N–H and O–H groups in total. The first-order chi connectivity index (χ1) is 13.9. The molecule has 4 aromatic rings. The quantitative estimate of drug-likeness (QED) is 0.197. The second-order valence-corrected chi connectivity index (χ2v) is 9.79. The minimum absolute atomic E-state index is 0.624. The van der Waals surface area contributed by atoms with E-state index in [1.165, 1.54) is 21.2 Å². The summed E-state index contributed by atoms with van der Waals surface area (Å²) < 4.78 is 0. The van der Waals surface area contributed by atoms with Crippen molar-refractivity contribution < 1.29 is 0 Å². The van der Waals surface area contributed by atoms with Crippen molar-refractivity contribution in [3.63, 3.8) is 0 Å². The molecule has 134 valence electrons. The Kier molecular flexibility index (Phi) is 5.21. The first-order valence-corrected chi connectivity index (χ1v) is 10.9. The fourth-order valence-electron chi connectivity index (χ4n) is 3.64. The van der Waals surface area contributed by atoms with Crippen LogP contribution in [0.25, 0.3) is 10.4 Å². The molecule has 4 aromatic carbocycles. The minimum Gasteiger partial charge on any atom is -0.0620 e. The lowest BCUT2D eigenvalue weighted by Gasteiger charge is -2.27. The lowest BCUT2D eigenvalue weighted by atomic mass is 10.3. The van der Waals surface area contributed by atoms with Crippen LogP contribution in [0.3, 0.4) is 0 Å². The van der Waals surface area contributed by atoms with Crippen LogP contribution in [0, 0.1) is 0 Å². The molecule has 0 spiro atoms. The van der Waals surface area contributed by atoms with Crippen molar-refractivity contribution in [2.24, 2.45) is 5.11 Å². The second kappa shape index (κ2) is 8.10. The van der Waals surface area contributed by atoms with Crippen molar-refractivity contribution in [3.8, 4) is 0 Å². The van der Waals surface area contributed by atoms with Crippen LogP contribution >= 0.6 is 7.26 Å². The van der Waals surface area contributed by atoms with Gasteiger partial charge in [0, 0.05) is 10.6 Å². The Balaban J connectivity index is 2.08. The summed E-state index contributed by atoms with van der Waals surface area (Å²) in [4.78, 5) is 2.91. The molecule has 0 heterocycles. The van der Waals surface area contributed by atoms with E-state index in [2.05, 4.69) is 113 Å². The maximum atomic E-state index is 8.75. The third-order valence-corrected chi connectivity index (χ3v) is 9.12. The van der Waals surface area contributed by atoms with Crippen LogP contribution in [-0.2, 0) is 0 Å². The second-order valence-electron chi connectivity index (χ2n) is 6.38. The Hall–Kier alpha value is -3.38. The van der Waals surface area contributed by atoms with Gasteiger partial charge in [-0.2, -0.15) is 0 Å². The Morgan fingerprint density at radius 2 is 0.857 bits per heavy atom. The first kappa shape index (κ1) is 18.0. The number of azide groups is 1. The molecule has 0 atom stereocenters. The molecule has 0 aliphatic carbocycles. The molecule has 28 heavy (non-hydrogen) atoms. The molecule has 0 fully saturated rings. The summed E-state index contributed by atoms with van der Waals surface area (Å²) in [5, 5.41) is 8.86. The molecule has 0 saturated carbocycles. The van der Waals surface area contributed by atoms with Crippen molar-refractivity contribution >= 4 is 34.2 Å². The van der Waals surface area contributed by atoms with Gasteiger partial charge in [0.15, 0.2) is 0 Å². The summed E-state index contributed by atoms with van der Waals surface area (Å²) in [6.07, 6.45) is 0. The van der Waals surface area contributed by atoms with Crippen LogP contribution in [0.2, 0.25) is 0 Å². The standard InChI is InChI=1S/C24H19N3P/c25-27-26-20-16-18-24(19-17-20)28(21-10-4-1-5-11-21,22-12-6-2-7-13-22)23-14-8-3-9-15-23/h1-19H/q+1. The smallest absolute Gasteiger partial charge is 0.0620 e. The SMILES string of the molecule is [N-]=[N+]=Nc1ccc([P+](c2ccccc2)(c2ccccc2)c2ccccc2)cc1. The number of rotatable bonds is 5. The van der Waals surface area contributed by atoms with Crippen molar-refractivity contribution in [2.45, 2.75) is 0 Å². The van der Waals surface area contributed by atoms with Crippen LogP contribution in [-0.4, -0.2) is 0 Å². The summed E-state index contributed by atoms with van der Waals surface area (Å²) >= 11 is 0. The van der Waals surface area contributed by atoms with Crippen molar-refractivity contribution in [2.75, 3.05) is 0 Å². The molecule has 0 saturated heterocycles. The van der Waals surface area contributed by atoms with E-state index in [4.69, 9.17) is 5.53 Å². The Morgan fingerprint density at radius 1 is 0.500 bits per heavy atom. The lowest BCUT2D eigenvalue weighted by molar-refractivity contribution is 1.49. The highest BCUT2D eigenvalue weighted by atomic mass is 31.2. The van der Waals surface area contributed by atoms with Crippen LogP contribution < -0.4 is 21.2 Å². The average Bonchev–Trinajstić information content (AvgIpc) is 2.78. The zero-order chi connectivity index (χ0) is 19.2. The summed E-state index contributed by atoms with van der Waals surface area (Å²) in [6.45, 7) is 0. The van der Waals surface area contributed by atoms with E-state index in [-0.39, 0.29) is 0 Å². The van der Waals surface area contributed by atoms with Crippen LogP contribution in [0.5, 0.6) is 0 Å². The zero-order valence-corrected chi connectivity index (χ0v) is 16.2. The summed E-state index contributed by atoms with van der Waals surface area (Å²) in [6, 6.07) is 40.1. The highest BCUT2D eigenvalue weighted by Crippen LogP contribution is 2.54. The first-order valence-electron chi connectivity index (χ1n) is 9.07. The average molecular weight is 380 g/mol. The highest BCUT2D eigenvalue weighted by Gasteiger charge is 2.47. The van der Waals surface area contributed by atoms with Crippen molar-refractivity contribution in [3.05, 3.63) is 126 Å². The maximum absolute atomic E-state index is 8.75. The fraction of sp³-hybridized carbons (Fsp3) is 0. The van der Waals surface area contributed by atoms with Gasteiger partial charge in [0.1, 0.15) is 28.5 Å². The molecule has 4 heteroatoms. The third kappa shape index (κ3) is 3.18. The van der Waals surface area contributed by atoms with Gasteiger partial charge in [0.2, 0.25) is 0 Å². The molecule has 3 nitrogen and oxygen atoms in total. The number of nitrogens with zero attached hydrogens (tertiary/aromatic N) is 3. The van der Waals surface area contributed by atoms with Gasteiger partial charge in [-0.3, -0.25) is 0 Å². The molecule has 0 aliphatic rings. The third-order valence-electron chi connectivity index (χ3n) is 4.83. The molecule has 0 radical (unpaired) electrons. The van der Waals surface area contributed by atoms with Crippen molar-refractivity contribution in [1.82, 2.24) is 0 Å². The minimum atomic E-state index is -2.08. The van der Waals surface area contributed by atoms with Gasteiger partial charge < -0.3 is 0 Å². The molecule has 0 aromatic heterocycles. The van der Waals surface area contributed by atoms with Crippen LogP contribution in [0.1, 0.15) is 0 Å². The van der Waals surface area contributed by atoms with Gasteiger partial charge in [0.05, 0.1) is 0 Å². The van der Waals surface area contributed by atoms with Crippen LogP contribution in [0.4, 0.5) is 5.69 Å². The lowest BCUT2D eigenvalue weighted by Crippen LogP contribution is -2.38. The van der Waals surface area contributed by atoms with Gasteiger partial charge in [-0.1, -0.05) is 59.7 Å². The molecule has 0 bridgehead atoms. The molecule has 0 unspecified atom stereocenters. The van der Waals surface area contributed by atoms with Crippen molar-refractivity contribution in [1.29, 1.82) is 0 Å². The number of hydrogen-bond acceptors (Lipinski definition) is 1. The van der Waals surface area contributed by atoms with Gasteiger partial charge in [-0.05, 0) is 66.2 Å². The van der Waals surface area contributed by atoms with E-state index in [1.807, 2.05) is 12.1 Å². The molecular weight excluding hydrogens is 361 g/mol. The predicted octanol–water partition coefficient (Wildman–Crippen LogP) is 5.25. The number of hydrogen-bond donors (Lipinski definition) is 0. The Bertz CT molecular complexity index is 992. The molecule has 4 rings (SSSR count). The van der Waals surface area contributed by atoms with Gasteiger partial charge >= 0.3 is 0 Å². The van der Waals surface area contributed by atoms with E-state index in [1.54, 1.807) is 0 Å². The van der Waals surface area contributed by atoms with Gasteiger partial charge in [-0.15, -0.1) is 0 Å². The highest BCUT2D eigenvalue weighted by molar-refractivity contribution is 8.01. The molecule has 0 aliphatic heterocycles. The van der Waals surface area contributed by atoms with Gasteiger partial charge in [-0.25, -0.2) is 0 Å². The topological polar surface area (TPSA) is 48.8 Å². The largest absolute Gasteiger partial charge is 0.144 e. The number of benzene rings is 4. The molecular formula is C24H19N3P+. The van der Waals surface area contributed by atoms with E-state index >= 15 is 0 Å². The summed E-state index contributed by atoms with van der Waals surface area (Å²) in [7, 11) is -2.08. The van der Waals surface area contributed by atoms with E-state index < -0.39 is 7.26 Å². The van der Waals surface area contributed by atoms with E-state index in [9.17, 15) is 0 Å². The van der Waals surface area contributed by atoms with Crippen LogP contribution in [0.15, 0.2) is 120 Å². The van der Waals surface area contributed by atoms with E-state index in [0.717, 1.165) is 0 Å². The maximum Gasteiger partial charge on any atom is 0.144 e. The zero-order valence-electron chi connectivity index (χ0n) is 15.3. The Morgan fingerprint density at radius 3 is 1.21 bits per heavy atom. The summed E-state index contributed by atoms with van der Waals surface area (Å²) in [5.41, 5.74) is 9.37. The molecule has 0 amide bonds.